The predicted molar refractivity (Wildman–Crippen MR) is 47.7 cm³/mol. The fourth-order valence-electron chi connectivity index (χ4n) is 1.31. The van der Waals surface area contributed by atoms with Gasteiger partial charge in [-0.1, -0.05) is 0 Å². The second-order valence-electron chi connectivity index (χ2n) is 2.82. The van der Waals surface area contributed by atoms with E-state index in [4.69, 9.17) is 10.6 Å². The summed E-state index contributed by atoms with van der Waals surface area (Å²) in [6.07, 6.45) is 0.254. The Morgan fingerprint density at radius 3 is 3.00 bits per heavy atom. The number of aliphatic imine (C=N–C) groups is 1. The molecule has 0 aromatic carbocycles. The number of ether oxygens (including phenoxy) is 1. The number of nitrogens with two attached hydrogens (primary N) is 1. The molecule has 1 aliphatic rings. The van der Waals surface area contributed by atoms with Gasteiger partial charge in [-0.2, -0.15) is 0 Å². The van der Waals surface area contributed by atoms with Crippen LogP contribution in [-0.2, 0) is 4.74 Å². The number of hydrazine groups is 1. The highest BCUT2D eigenvalue weighted by Crippen LogP contribution is 2.03. The van der Waals surface area contributed by atoms with E-state index in [2.05, 4.69) is 15.3 Å². The highest BCUT2D eigenvalue weighted by molar-refractivity contribution is 5.79. The van der Waals surface area contributed by atoms with Gasteiger partial charge in [-0.3, -0.25) is 10.4 Å². The summed E-state index contributed by atoms with van der Waals surface area (Å²) in [7, 11) is 1.72. The van der Waals surface area contributed by atoms with Crippen molar-refractivity contribution < 1.29 is 4.74 Å². The summed E-state index contributed by atoms with van der Waals surface area (Å²) in [5.74, 6) is 6.02. The molecule has 1 saturated heterocycles. The van der Waals surface area contributed by atoms with Crippen LogP contribution in [0.1, 0.15) is 6.92 Å². The Balaban J connectivity index is 2.50. The third-order valence-corrected chi connectivity index (χ3v) is 1.88. The van der Waals surface area contributed by atoms with E-state index in [-0.39, 0.29) is 6.10 Å². The average molecular weight is 172 g/mol. The van der Waals surface area contributed by atoms with Gasteiger partial charge in [0.2, 0.25) is 5.96 Å². The van der Waals surface area contributed by atoms with Crippen molar-refractivity contribution in [2.45, 2.75) is 13.0 Å². The van der Waals surface area contributed by atoms with Crippen molar-refractivity contribution in [3.63, 3.8) is 0 Å². The van der Waals surface area contributed by atoms with Crippen molar-refractivity contribution in [1.29, 1.82) is 0 Å². The number of hydrogen-bond acceptors (Lipinski definition) is 3. The number of hydrogen-bond donors (Lipinski definition) is 2. The third kappa shape index (κ3) is 2.09. The van der Waals surface area contributed by atoms with Crippen molar-refractivity contribution in [2.24, 2.45) is 10.8 Å². The molecule has 5 nitrogen and oxygen atoms in total. The lowest BCUT2D eigenvalue weighted by Crippen LogP contribution is -2.51. The van der Waals surface area contributed by atoms with Gasteiger partial charge in [-0.15, -0.1) is 0 Å². The summed E-state index contributed by atoms with van der Waals surface area (Å²) in [4.78, 5) is 6.09. The highest BCUT2D eigenvalue weighted by Gasteiger charge is 2.18. The largest absolute Gasteiger partial charge is 0.375 e. The first-order valence-corrected chi connectivity index (χ1v) is 4.08. The maximum absolute atomic E-state index is 5.38. The second kappa shape index (κ2) is 4.27. The molecule has 1 unspecified atom stereocenters. The number of morpholine rings is 1. The van der Waals surface area contributed by atoms with Gasteiger partial charge in [0.15, 0.2) is 0 Å². The molecule has 70 valence electrons. The van der Waals surface area contributed by atoms with Gasteiger partial charge < -0.3 is 9.64 Å². The molecule has 0 bridgehead atoms. The molecule has 3 N–H and O–H groups in total. The Morgan fingerprint density at radius 2 is 2.50 bits per heavy atom. The lowest BCUT2D eigenvalue weighted by Gasteiger charge is -2.32. The van der Waals surface area contributed by atoms with E-state index >= 15 is 0 Å². The van der Waals surface area contributed by atoms with Gasteiger partial charge in [0.05, 0.1) is 12.7 Å². The lowest BCUT2D eigenvalue weighted by atomic mass is 10.3. The Labute approximate surface area is 72.6 Å². The van der Waals surface area contributed by atoms with Crippen LogP contribution in [0.5, 0.6) is 0 Å². The van der Waals surface area contributed by atoms with Gasteiger partial charge >= 0.3 is 0 Å². The summed E-state index contributed by atoms with van der Waals surface area (Å²) < 4.78 is 5.38. The molecule has 5 heteroatoms. The summed E-state index contributed by atoms with van der Waals surface area (Å²) in [6, 6.07) is 0. The lowest BCUT2D eigenvalue weighted by molar-refractivity contribution is 0.00463. The summed E-state index contributed by atoms with van der Waals surface area (Å²) >= 11 is 0. The molecule has 0 radical (unpaired) electrons. The first kappa shape index (κ1) is 9.28. The fourth-order valence-corrected chi connectivity index (χ4v) is 1.31. The van der Waals surface area contributed by atoms with Gasteiger partial charge in [-0.05, 0) is 6.92 Å². The minimum atomic E-state index is 0.254. The third-order valence-electron chi connectivity index (χ3n) is 1.88. The first-order valence-electron chi connectivity index (χ1n) is 4.08. The zero-order valence-electron chi connectivity index (χ0n) is 7.58. The standard InChI is InChI=1S/C7H16N4O/c1-6-5-11(3-4-12-6)7(9-2)10-8/h6H,3-5,8H2,1-2H3,(H,9,10). The van der Waals surface area contributed by atoms with Crippen LogP contribution in [0.3, 0.4) is 0 Å². The minimum Gasteiger partial charge on any atom is -0.375 e. The zero-order valence-corrected chi connectivity index (χ0v) is 7.58. The second-order valence-corrected chi connectivity index (χ2v) is 2.82. The SMILES string of the molecule is CN=C(NN)N1CCOC(C)C1. The van der Waals surface area contributed by atoms with Crippen molar-refractivity contribution >= 4 is 5.96 Å². The molecule has 0 aliphatic carbocycles. The maximum atomic E-state index is 5.38. The molecule has 0 aromatic rings. The Morgan fingerprint density at radius 1 is 1.75 bits per heavy atom. The maximum Gasteiger partial charge on any atom is 0.208 e. The van der Waals surface area contributed by atoms with Crippen LogP contribution < -0.4 is 11.3 Å². The van der Waals surface area contributed by atoms with Crippen LogP contribution in [0.25, 0.3) is 0 Å². The molecule has 0 amide bonds. The zero-order chi connectivity index (χ0) is 8.97. The molecule has 1 aliphatic heterocycles. The smallest absolute Gasteiger partial charge is 0.208 e. The van der Waals surface area contributed by atoms with E-state index in [1.165, 1.54) is 0 Å². The molecule has 1 fully saturated rings. The minimum absolute atomic E-state index is 0.254. The first-order chi connectivity index (χ1) is 5.77. The Kier molecular flexibility index (Phi) is 3.31. The monoisotopic (exact) mass is 172 g/mol. The van der Waals surface area contributed by atoms with Crippen LogP contribution >= 0.6 is 0 Å². The van der Waals surface area contributed by atoms with Crippen LogP contribution in [0.4, 0.5) is 0 Å². The van der Waals surface area contributed by atoms with E-state index in [1.54, 1.807) is 7.05 Å². The van der Waals surface area contributed by atoms with Gasteiger partial charge in [0.1, 0.15) is 0 Å². The molecule has 1 heterocycles. The fraction of sp³-hybridized carbons (Fsp3) is 0.857. The number of nitrogens with one attached hydrogen (secondary N) is 1. The summed E-state index contributed by atoms with van der Waals surface area (Å²) in [5, 5.41) is 0. The van der Waals surface area contributed by atoms with E-state index < -0.39 is 0 Å². The summed E-state index contributed by atoms with van der Waals surface area (Å²) in [6.45, 7) is 4.47. The van der Waals surface area contributed by atoms with Crippen LogP contribution in [-0.4, -0.2) is 43.7 Å². The summed E-state index contributed by atoms with van der Waals surface area (Å²) in [5.41, 5.74) is 2.56. The molecular weight excluding hydrogens is 156 g/mol. The van der Waals surface area contributed by atoms with Crippen molar-refractivity contribution in [3.05, 3.63) is 0 Å². The molecule has 12 heavy (non-hydrogen) atoms. The number of nitrogens with zero attached hydrogens (tertiary/aromatic N) is 2. The van der Waals surface area contributed by atoms with E-state index in [0.29, 0.717) is 0 Å². The molecule has 1 rings (SSSR count). The topological polar surface area (TPSA) is 62.9 Å². The quantitative estimate of drug-likeness (QED) is 0.216. The van der Waals surface area contributed by atoms with Crippen molar-refractivity contribution in [2.75, 3.05) is 26.7 Å². The Hall–Kier alpha value is -0.810. The average Bonchev–Trinajstić information content (AvgIpc) is 2.07. The number of guanidine groups is 1. The van der Waals surface area contributed by atoms with Crippen LogP contribution in [0.15, 0.2) is 4.99 Å². The predicted octanol–water partition coefficient (Wildman–Crippen LogP) is -0.844. The molecule has 0 aromatic heterocycles. The molecule has 0 saturated carbocycles. The molecule has 1 atom stereocenters. The highest BCUT2D eigenvalue weighted by atomic mass is 16.5. The van der Waals surface area contributed by atoms with Gasteiger partial charge in [0, 0.05) is 20.1 Å². The molecular formula is C7H16N4O. The van der Waals surface area contributed by atoms with Gasteiger partial charge in [0.25, 0.3) is 0 Å². The normalized spacial score (nSPS) is 25.8. The molecule has 0 spiro atoms. The van der Waals surface area contributed by atoms with Crippen molar-refractivity contribution in [1.82, 2.24) is 10.3 Å². The van der Waals surface area contributed by atoms with Crippen molar-refractivity contribution in [3.8, 4) is 0 Å². The number of rotatable bonds is 0. The van der Waals surface area contributed by atoms with E-state index in [1.807, 2.05) is 6.92 Å². The van der Waals surface area contributed by atoms with Crippen LogP contribution in [0.2, 0.25) is 0 Å². The van der Waals surface area contributed by atoms with Gasteiger partial charge in [-0.25, -0.2) is 5.84 Å². The van der Waals surface area contributed by atoms with Crippen LogP contribution in [0, 0.1) is 0 Å². The van der Waals surface area contributed by atoms with E-state index in [9.17, 15) is 0 Å². The Bertz CT molecular complexity index is 171. The van der Waals surface area contributed by atoms with E-state index in [0.717, 1.165) is 25.7 Å².